The molecule has 0 bridgehead atoms. The Morgan fingerprint density at radius 1 is 0.927 bits per heavy atom. The first-order chi connectivity index (χ1) is 26.0. The molecule has 3 saturated carbocycles. The van der Waals surface area contributed by atoms with Crippen molar-refractivity contribution in [1.82, 2.24) is 0 Å². The lowest BCUT2D eigenvalue weighted by Crippen LogP contribution is -2.64. The molecule has 21 atom stereocenters. The van der Waals surface area contributed by atoms with Gasteiger partial charge >= 0.3 is 5.97 Å². The second-order valence-electron chi connectivity index (χ2n) is 18.2. The molecule has 0 amide bonds. The lowest BCUT2D eigenvalue weighted by Gasteiger charge is -2.58. The zero-order valence-corrected chi connectivity index (χ0v) is 32.1. The summed E-state index contributed by atoms with van der Waals surface area (Å²) >= 11 is 0. The summed E-state index contributed by atoms with van der Waals surface area (Å²) in [6, 6.07) is 0. The van der Waals surface area contributed by atoms with Crippen LogP contribution in [0.5, 0.6) is 0 Å². The van der Waals surface area contributed by atoms with Gasteiger partial charge in [-0.15, -0.1) is 0 Å². The minimum atomic E-state index is -1.69. The summed E-state index contributed by atoms with van der Waals surface area (Å²) in [4.78, 5) is 27.1. The first-order valence-electron chi connectivity index (χ1n) is 20.1. The maximum absolute atomic E-state index is 13.6. The maximum atomic E-state index is 13.6. The number of epoxide rings is 1. The largest absolute Gasteiger partial charge is 0.458 e. The highest BCUT2D eigenvalue weighted by Crippen LogP contribution is 2.73. The highest BCUT2D eigenvalue weighted by Gasteiger charge is 2.80. The molecule has 7 N–H and O–H groups in total. The lowest BCUT2D eigenvalue weighted by atomic mass is 9.44. The van der Waals surface area contributed by atoms with E-state index in [0.29, 0.717) is 24.2 Å². The zero-order valence-electron chi connectivity index (χ0n) is 32.1. The highest BCUT2D eigenvalue weighted by molar-refractivity contribution is 5.98. The molecule has 308 valence electrons. The lowest BCUT2D eigenvalue weighted by molar-refractivity contribution is -0.355. The van der Waals surface area contributed by atoms with Gasteiger partial charge < -0.3 is 64.2 Å². The average molecular weight is 779 g/mol. The minimum Gasteiger partial charge on any atom is -0.458 e. The van der Waals surface area contributed by atoms with Gasteiger partial charge in [0.25, 0.3) is 0 Å². The second kappa shape index (κ2) is 14.2. The van der Waals surface area contributed by atoms with E-state index in [9.17, 15) is 45.3 Å². The van der Waals surface area contributed by atoms with Gasteiger partial charge in [-0.1, -0.05) is 19.4 Å². The van der Waals surface area contributed by atoms with Crippen molar-refractivity contribution in [3.8, 4) is 0 Å². The van der Waals surface area contributed by atoms with E-state index in [2.05, 4.69) is 13.8 Å². The summed E-state index contributed by atoms with van der Waals surface area (Å²) in [7, 11) is 0. The van der Waals surface area contributed by atoms with Gasteiger partial charge in [0.2, 0.25) is 0 Å². The summed E-state index contributed by atoms with van der Waals surface area (Å²) in [6.07, 6.45) is -7.44. The van der Waals surface area contributed by atoms with Crippen molar-refractivity contribution in [3.05, 3.63) is 23.3 Å². The van der Waals surface area contributed by atoms with Gasteiger partial charge in [0.05, 0.1) is 36.4 Å². The van der Waals surface area contributed by atoms with Crippen molar-refractivity contribution in [3.63, 3.8) is 0 Å². The third-order valence-electron chi connectivity index (χ3n) is 15.8. The van der Waals surface area contributed by atoms with Crippen LogP contribution >= 0.6 is 0 Å². The van der Waals surface area contributed by atoms with Crippen LogP contribution in [0.3, 0.4) is 0 Å². The molecule has 0 aromatic heterocycles. The Hall–Kier alpha value is -1.86. The number of ketones is 1. The number of carbonyl (C=O) groups is 2. The van der Waals surface area contributed by atoms with Gasteiger partial charge in [0, 0.05) is 6.42 Å². The number of fused-ring (bicyclic) bond motifs is 4. The van der Waals surface area contributed by atoms with Crippen LogP contribution in [0.4, 0.5) is 0 Å². The fourth-order valence-electron chi connectivity index (χ4n) is 12.5. The van der Waals surface area contributed by atoms with Crippen LogP contribution in [0, 0.1) is 40.4 Å². The smallest absolute Gasteiger partial charge is 0.336 e. The van der Waals surface area contributed by atoms with Crippen LogP contribution in [0.25, 0.3) is 0 Å². The molecule has 3 saturated heterocycles. The number of aliphatic hydroxyl groups is 7. The molecule has 4 aliphatic carbocycles. The Labute approximate surface area is 320 Å². The van der Waals surface area contributed by atoms with Gasteiger partial charge in [0.1, 0.15) is 60.5 Å². The van der Waals surface area contributed by atoms with E-state index in [1.165, 1.54) is 6.92 Å². The fraction of sp³-hybridized carbons (Fsp3) is 0.850. The van der Waals surface area contributed by atoms with E-state index < -0.39 is 91.1 Å². The van der Waals surface area contributed by atoms with Gasteiger partial charge in [-0.2, -0.15) is 0 Å². The molecule has 4 heterocycles. The Kier molecular flexibility index (Phi) is 10.3. The van der Waals surface area contributed by atoms with Gasteiger partial charge in [0.15, 0.2) is 18.4 Å². The van der Waals surface area contributed by atoms with E-state index in [-0.39, 0.29) is 47.4 Å². The molecule has 8 rings (SSSR count). The van der Waals surface area contributed by atoms with E-state index in [1.54, 1.807) is 12.2 Å². The van der Waals surface area contributed by atoms with Crippen LogP contribution < -0.4 is 0 Å². The molecular weight excluding hydrogens is 720 g/mol. The Morgan fingerprint density at radius 3 is 2.36 bits per heavy atom. The maximum Gasteiger partial charge on any atom is 0.336 e. The third-order valence-corrected chi connectivity index (χ3v) is 15.8. The van der Waals surface area contributed by atoms with E-state index in [1.807, 2.05) is 13.8 Å². The van der Waals surface area contributed by atoms with Crippen molar-refractivity contribution in [2.24, 2.45) is 40.4 Å². The predicted molar refractivity (Wildman–Crippen MR) is 188 cm³/mol. The quantitative estimate of drug-likeness (QED) is 0.127. The third kappa shape index (κ3) is 5.89. The van der Waals surface area contributed by atoms with Crippen molar-refractivity contribution >= 4 is 11.8 Å². The SMILES string of the molecule is CC1=C(COC2OC(CO)C(OC3OC(C)C(O)C(O)C3O)C(O)C2O)C(=O)OC(C(C)C2CCC3C4CC5OC56C(O)C=CC(=O)C6(C)C4CCC23C)C1. The molecule has 21 unspecified atom stereocenters. The number of rotatable bonds is 8. The summed E-state index contributed by atoms with van der Waals surface area (Å²) in [5.41, 5.74) is -0.492. The number of carbonyl (C=O) groups excluding carboxylic acids is 2. The van der Waals surface area contributed by atoms with E-state index in [4.69, 9.17) is 28.4 Å². The number of hydrogen-bond donors (Lipinski definition) is 7. The topological polar surface area (TPSA) is 234 Å². The normalized spacial score (nSPS) is 53.9. The van der Waals surface area contributed by atoms with Crippen LogP contribution in [0.15, 0.2) is 23.3 Å². The van der Waals surface area contributed by atoms with Crippen molar-refractivity contribution in [2.45, 2.75) is 158 Å². The van der Waals surface area contributed by atoms with Crippen molar-refractivity contribution in [2.75, 3.05) is 13.2 Å². The molecular formula is C40H58O15. The van der Waals surface area contributed by atoms with Gasteiger partial charge in [-0.05, 0) is 100 Å². The van der Waals surface area contributed by atoms with Crippen LogP contribution in [-0.4, -0.2) is 146 Å². The number of aliphatic hydroxyl groups excluding tert-OH is 7. The fourth-order valence-corrected chi connectivity index (χ4v) is 12.5. The molecule has 0 aromatic carbocycles. The van der Waals surface area contributed by atoms with Gasteiger partial charge in [-0.3, -0.25) is 4.79 Å². The van der Waals surface area contributed by atoms with E-state index >= 15 is 0 Å². The minimum absolute atomic E-state index is 0.00790. The average Bonchev–Trinajstić information content (AvgIpc) is 3.79. The number of hydrogen-bond acceptors (Lipinski definition) is 15. The summed E-state index contributed by atoms with van der Waals surface area (Å²) in [6.45, 7) is 8.93. The van der Waals surface area contributed by atoms with Crippen LogP contribution in [-0.2, 0) is 38.0 Å². The van der Waals surface area contributed by atoms with Crippen molar-refractivity contribution in [1.29, 1.82) is 0 Å². The summed E-state index contributed by atoms with van der Waals surface area (Å²) in [5, 5.41) is 73.5. The molecule has 1 spiro atoms. The van der Waals surface area contributed by atoms with Crippen LogP contribution in [0.1, 0.15) is 73.1 Å². The summed E-state index contributed by atoms with van der Waals surface area (Å²) < 4.78 is 35.1. The number of allylic oxidation sites excluding steroid dienone is 1. The van der Waals surface area contributed by atoms with Crippen molar-refractivity contribution < 1.29 is 73.8 Å². The monoisotopic (exact) mass is 778 g/mol. The molecule has 0 radical (unpaired) electrons. The number of cyclic esters (lactones) is 1. The van der Waals surface area contributed by atoms with Gasteiger partial charge in [-0.25, -0.2) is 4.79 Å². The first-order valence-corrected chi connectivity index (χ1v) is 20.1. The highest BCUT2D eigenvalue weighted by atomic mass is 16.7. The molecule has 0 aromatic rings. The molecule has 4 aliphatic heterocycles. The Balaban J connectivity index is 0.899. The Morgan fingerprint density at radius 2 is 1.65 bits per heavy atom. The van der Waals surface area contributed by atoms with E-state index in [0.717, 1.165) is 37.7 Å². The molecule has 6 fully saturated rings. The summed E-state index contributed by atoms with van der Waals surface area (Å²) in [5.74, 6) is 0.724. The zero-order chi connectivity index (χ0) is 39.5. The second-order valence-corrected chi connectivity index (χ2v) is 18.2. The molecule has 55 heavy (non-hydrogen) atoms. The molecule has 15 heteroatoms. The number of ether oxygens (including phenoxy) is 6. The predicted octanol–water partition coefficient (Wildman–Crippen LogP) is 0.0289. The number of esters is 1. The molecule has 8 aliphatic rings. The molecule has 15 nitrogen and oxygen atoms in total. The Bertz CT molecular complexity index is 1580. The van der Waals surface area contributed by atoms with Crippen LogP contribution in [0.2, 0.25) is 0 Å². The first kappa shape index (κ1) is 39.9. The standard InChI is InChI=1S/C40H58O15/c1-16-12-24(17(2)21-6-7-22-19-13-28-40(55-28)27(43)9-8-26(42)39(40,5)23(19)10-11-38(21,22)4)52-35(49)20(16)15-50-36-33(48)31(46)34(25(14-41)53-36)54-37-32(47)30(45)29(44)18(3)51-37/h8-9,17-19,21-25,27-34,36-37,41,43-48H,6-7,10-15H2,1-5H3.